The number of halogens is 1. The van der Waals surface area contributed by atoms with Crippen LogP contribution < -0.4 is 20.5 Å². The van der Waals surface area contributed by atoms with Crippen molar-refractivity contribution >= 4 is 29.9 Å². The molecule has 0 fully saturated rings. The Morgan fingerprint density at radius 2 is 1.69 bits per heavy atom. The smallest absolute Gasteiger partial charge is 0.188 e. The molecule has 2 rings (SSSR count). The van der Waals surface area contributed by atoms with Crippen molar-refractivity contribution in [1.29, 1.82) is 0 Å². The molecule has 3 N–H and O–H groups in total. The van der Waals surface area contributed by atoms with Crippen molar-refractivity contribution in [1.82, 2.24) is 5.32 Å². The van der Waals surface area contributed by atoms with E-state index in [9.17, 15) is 0 Å². The number of benzene rings is 2. The number of nitrogens with two attached hydrogens (primary N) is 1. The molecule has 6 nitrogen and oxygen atoms in total. The van der Waals surface area contributed by atoms with Crippen molar-refractivity contribution in [3.05, 3.63) is 59.7 Å². The summed E-state index contributed by atoms with van der Waals surface area (Å²) in [6.45, 7) is 2.79. The predicted molar refractivity (Wildman–Crippen MR) is 128 cm³/mol. The molecule has 2 aromatic rings. The van der Waals surface area contributed by atoms with Crippen molar-refractivity contribution in [3.8, 4) is 11.5 Å². The van der Waals surface area contributed by atoms with E-state index in [1.165, 1.54) is 5.56 Å². The molecule has 0 aliphatic rings. The van der Waals surface area contributed by atoms with E-state index in [0.29, 0.717) is 24.0 Å². The van der Waals surface area contributed by atoms with Gasteiger partial charge in [0.2, 0.25) is 0 Å². The minimum absolute atomic E-state index is 0. The summed E-state index contributed by atoms with van der Waals surface area (Å²) in [6, 6.07) is 16.1. The number of ether oxygens (including phenoxy) is 3. The number of nitrogens with zero attached hydrogens (tertiary/aromatic N) is 1. The van der Waals surface area contributed by atoms with Gasteiger partial charge in [0, 0.05) is 13.2 Å². The lowest BCUT2D eigenvalue weighted by atomic mass is 10.2. The van der Waals surface area contributed by atoms with Crippen molar-refractivity contribution in [2.45, 2.75) is 25.8 Å². The number of hydrogen-bond acceptors (Lipinski definition) is 4. The molecule has 160 valence electrons. The number of methoxy groups -OCH3 is 2. The summed E-state index contributed by atoms with van der Waals surface area (Å²) < 4.78 is 16.2. The molecule has 0 heterocycles. The SMILES string of the molecule is COc1ccc(CN=C(N)NCCCCOCCc2ccccc2)cc1OC.I. The van der Waals surface area contributed by atoms with Crippen LogP contribution in [0.15, 0.2) is 53.5 Å². The highest BCUT2D eigenvalue weighted by Crippen LogP contribution is 2.27. The minimum atomic E-state index is 0. The van der Waals surface area contributed by atoms with Crippen LogP contribution in [0.5, 0.6) is 11.5 Å². The summed E-state index contributed by atoms with van der Waals surface area (Å²) in [5.74, 6) is 1.83. The maximum absolute atomic E-state index is 5.93. The van der Waals surface area contributed by atoms with Gasteiger partial charge < -0.3 is 25.3 Å². The summed E-state index contributed by atoms with van der Waals surface area (Å²) >= 11 is 0. The van der Waals surface area contributed by atoms with E-state index in [0.717, 1.165) is 44.6 Å². The van der Waals surface area contributed by atoms with Crippen LogP contribution in [0.25, 0.3) is 0 Å². The second-order valence-corrected chi connectivity index (χ2v) is 6.37. The van der Waals surface area contributed by atoms with Gasteiger partial charge >= 0.3 is 0 Å². The maximum atomic E-state index is 5.93. The fourth-order valence-electron chi connectivity index (χ4n) is 2.69. The Bertz CT molecular complexity index is 726. The molecule has 29 heavy (non-hydrogen) atoms. The fourth-order valence-corrected chi connectivity index (χ4v) is 2.69. The van der Waals surface area contributed by atoms with E-state index in [-0.39, 0.29) is 24.0 Å². The highest BCUT2D eigenvalue weighted by atomic mass is 127. The number of aliphatic imine (C=N–C) groups is 1. The lowest BCUT2D eigenvalue weighted by Gasteiger charge is -2.09. The standard InChI is InChI=1S/C22H31N3O3.HI/c1-26-20-11-10-19(16-21(20)27-2)17-25-22(23)24-13-6-7-14-28-15-12-18-8-4-3-5-9-18;/h3-5,8-11,16H,6-7,12-15,17H2,1-2H3,(H3,23,24,25);1H. The van der Waals surface area contributed by atoms with Crippen LogP contribution in [0.2, 0.25) is 0 Å². The van der Waals surface area contributed by atoms with Gasteiger partial charge in [-0.1, -0.05) is 36.4 Å². The Labute approximate surface area is 190 Å². The number of hydrogen-bond donors (Lipinski definition) is 2. The average Bonchev–Trinajstić information content (AvgIpc) is 2.74. The third-order valence-electron chi connectivity index (χ3n) is 4.28. The monoisotopic (exact) mass is 513 g/mol. The molecule has 0 bridgehead atoms. The zero-order valence-electron chi connectivity index (χ0n) is 17.2. The third kappa shape index (κ3) is 9.85. The minimum Gasteiger partial charge on any atom is -0.493 e. The summed E-state index contributed by atoms with van der Waals surface area (Å²) in [5.41, 5.74) is 8.24. The molecular formula is C22H32IN3O3. The normalized spacial score (nSPS) is 10.9. The predicted octanol–water partition coefficient (Wildman–Crippen LogP) is 3.77. The highest BCUT2D eigenvalue weighted by Gasteiger charge is 2.04. The molecule has 0 aliphatic carbocycles. The van der Waals surface area contributed by atoms with Crippen molar-refractivity contribution in [2.75, 3.05) is 34.0 Å². The van der Waals surface area contributed by atoms with Gasteiger partial charge in [-0.05, 0) is 42.5 Å². The topological polar surface area (TPSA) is 78.1 Å². The zero-order chi connectivity index (χ0) is 20.0. The van der Waals surface area contributed by atoms with Gasteiger partial charge in [-0.3, -0.25) is 0 Å². The number of guanidine groups is 1. The Hall–Kier alpha value is -2.00. The van der Waals surface area contributed by atoms with Crippen LogP contribution in [0.4, 0.5) is 0 Å². The van der Waals surface area contributed by atoms with Gasteiger partial charge in [-0.2, -0.15) is 0 Å². The van der Waals surface area contributed by atoms with E-state index in [4.69, 9.17) is 19.9 Å². The summed E-state index contributed by atoms with van der Waals surface area (Å²) in [6.07, 6.45) is 2.93. The molecule has 0 atom stereocenters. The summed E-state index contributed by atoms with van der Waals surface area (Å²) in [7, 11) is 3.23. The lowest BCUT2D eigenvalue weighted by molar-refractivity contribution is 0.133. The molecule has 0 spiro atoms. The first-order chi connectivity index (χ1) is 13.7. The van der Waals surface area contributed by atoms with Crippen LogP contribution in [0.1, 0.15) is 24.0 Å². The molecule has 0 radical (unpaired) electrons. The van der Waals surface area contributed by atoms with Crippen molar-refractivity contribution < 1.29 is 14.2 Å². The third-order valence-corrected chi connectivity index (χ3v) is 4.28. The second-order valence-electron chi connectivity index (χ2n) is 6.37. The first-order valence-corrected chi connectivity index (χ1v) is 9.59. The number of rotatable bonds is 12. The largest absolute Gasteiger partial charge is 0.493 e. The first-order valence-electron chi connectivity index (χ1n) is 9.59. The van der Waals surface area contributed by atoms with Gasteiger partial charge in [0.15, 0.2) is 17.5 Å². The van der Waals surface area contributed by atoms with Gasteiger partial charge in [0.05, 0.1) is 27.4 Å². The molecule has 0 unspecified atom stereocenters. The Balaban J connectivity index is 0.00000420. The van der Waals surface area contributed by atoms with Crippen molar-refractivity contribution in [3.63, 3.8) is 0 Å². The molecule has 2 aromatic carbocycles. The van der Waals surface area contributed by atoms with E-state index in [1.807, 2.05) is 24.3 Å². The first kappa shape index (κ1) is 25.0. The highest BCUT2D eigenvalue weighted by molar-refractivity contribution is 14.0. The van der Waals surface area contributed by atoms with Crippen LogP contribution in [0.3, 0.4) is 0 Å². The zero-order valence-corrected chi connectivity index (χ0v) is 19.6. The molecule has 7 heteroatoms. The molecule has 0 saturated heterocycles. The van der Waals surface area contributed by atoms with Crippen molar-refractivity contribution in [2.24, 2.45) is 10.7 Å². The van der Waals surface area contributed by atoms with Crippen LogP contribution >= 0.6 is 24.0 Å². The quantitative estimate of drug-likeness (QED) is 0.196. The Morgan fingerprint density at radius 1 is 0.931 bits per heavy atom. The Kier molecular flexibility index (Phi) is 12.9. The average molecular weight is 513 g/mol. The maximum Gasteiger partial charge on any atom is 0.188 e. The van der Waals surface area contributed by atoms with Crippen LogP contribution in [-0.4, -0.2) is 39.9 Å². The second kappa shape index (κ2) is 14.9. The van der Waals surface area contributed by atoms with Gasteiger partial charge in [0.25, 0.3) is 0 Å². The lowest BCUT2D eigenvalue weighted by Crippen LogP contribution is -2.32. The van der Waals surface area contributed by atoms with E-state index in [2.05, 4.69) is 34.6 Å². The fraction of sp³-hybridized carbons (Fsp3) is 0.409. The van der Waals surface area contributed by atoms with Gasteiger partial charge in [-0.25, -0.2) is 4.99 Å². The summed E-state index contributed by atoms with van der Waals surface area (Å²) in [5, 5.41) is 3.14. The number of nitrogens with one attached hydrogen (secondary N) is 1. The van der Waals surface area contributed by atoms with Gasteiger partial charge in [0.1, 0.15) is 0 Å². The molecular weight excluding hydrogens is 481 g/mol. The molecule has 0 amide bonds. The van der Waals surface area contributed by atoms with E-state index < -0.39 is 0 Å². The Morgan fingerprint density at radius 3 is 2.41 bits per heavy atom. The number of unbranched alkanes of at least 4 members (excludes halogenated alkanes) is 1. The van der Waals surface area contributed by atoms with Crippen LogP contribution in [-0.2, 0) is 17.7 Å². The van der Waals surface area contributed by atoms with E-state index in [1.54, 1.807) is 14.2 Å². The molecule has 0 aliphatic heterocycles. The van der Waals surface area contributed by atoms with Gasteiger partial charge in [-0.15, -0.1) is 24.0 Å². The summed E-state index contributed by atoms with van der Waals surface area (Å²) in [4.78, 5) is 4.36. The molecule has 0 aromatic heterocycles. The molecule has 0 saturated carbocycles. The van der Waals surface area contributed by atoms with E-state index >= 15 is 0 Å². The van der Waals surface area contributed by atoms with Crippen LogP contribution in [0, 0.1) is 0 Å².